The highest BCUT2D eigenvalue weighted by molar-refractivity contribution is 8.06. The Labute approximate surface area is 189 Å². The number of Topliss-reactive ketones (excluding diaryl/α,β-unsaturated/α-hetero) is 1. The molecular weight excluding hydrogens is 424 g/mol. The molecule has 0 N–H and O–H groups in total. The van der Waals surface area contributed by atoms with Gasteiger partial charge < -0.3 is 4.74 Å². The molecule has 3 aromatic rings. The highest BCUT2D eigenvalue weighted by Crippen LogP contribution is 2.44. The normalized spacial score (nSPS) is 14.8. The number of rotatable bonds is 6. The van der Waals surface area contributed by atoms with Crippen LogP contribution in [-0.4, -0.2) is 27.9 Å². The number of imidazole rings is 1. The van der Waals surface area contributed by atoms with Crippen molar-refractivity contribution in [3.8, 4) is 6.07 Å². The molecule has 0 amide bonds. The zero-order valence-electron chi connectivity index (χ0n) is 17.6. The Hall–Kier alpha value is -3.83. The maximum Gasteiger partial charge on any atom is 0.344 e. The molecule has 1 aliphatic rings. The van der Waals surface area contributed by atoms with Gasteiger partial charge in [0.05, 0.1) is 30.1 Å². The zero-order chi connectivity index (χ0) is 22.7. The summed E-state index contributed by atoms with van der Waals surface area (Å²) in [6.07, 6.45) is 0.107. The Kier molecular flexibility index (Phi) is 6.10. The Morgan fingerprint density at radius 2 is 1.84 bits per heavy atom. The molecule has 0 unspecified atom stereocenters. The van der Waals surface area contributed by atoms with Gasteiger partial charge in [-0.05, 0) is 38.1 Å². The van der Waals surface area contributed by atoms with E-state index in [-0.39, 0.29) is 24.4 Å². The Morgan fingerprint density at radius 3 is 2.53 bits per heavy atom. The van der Waals surface area contributed by atoms with Crippen molar-refractivity contribution in [1.29, 1.82) is 5.26 Å². The summed E-state index contributed by atoms with van der Waals surface area (Å²) >= 11 is 1.27. The number of fused-ring (bicyclic) bond motifs is 1. The minimum absolute atomic E-state index is 0.0155. The summed E-state index contributed by atoms with van der Waals surface area (Å²) in [4.78, 5) is 31.7. The SMILES string of the molecule is CCOC(=O)/C(C(C)=O)=C1/SC=C(n2c(CC#N)nc3ccccc32)N1c1ccccc1. The molecule has 0 atom stereocenters. The van der Waals surface area contributed by atoms with E-state index in [9.17, 15) is 14.9 Å². The summed E-state index contributed by atoms with van der Waals surface area (Å²) in [6.45, 7) is 3.22. The van der Waals surface area contributed by atoms with Crippen molar-refractivity contribution >= 4 is 46.1 Å². The summed E-state index contributed by atoms with van der Waals surface area (Å²) in [5.41, 5.74) is 2.33. The van der Waals surface area contributed by atoms with Gasteiger partial charge in [0, 0.05) is 11.1 Å². The maximum absolute atomic E-state index is 12.7. The molecule has 4 rings (SSSR count). The molecule has 2 aromatic carbocycles. The summed E-state index contributed by atoms with van der Waals surface area (Å²) in [7, 11) is 0. The van der Waals surface area contributed by atoms with Gasteiger partial charge >= 0.3 is 5.97 Å². The number of carbonyl (C=O) groups is 2. The van der Waals surface area contributed by atoms with Crippen LogP contribution in [0.25, 0.3) is 16.9 Å². The van der Waals surface area contributed by atoms with E-state index in [2.05, 4.69) is 11.1 Å². The van der Waals surface area contributed by atoms with Crippen LogP contribution in [0.1, 0.15) is 19.7 Å². The Balaban J connectivity index is 1.97. The first-order chi connectivity index (χ1) is 15.6. The van der Waals surface area contributed by atoms with Crippen LogP contribution in [0.15, 0.2) is 70.6 Å². The van der Waals surface area contributed by atoms with Gasteiger partial charge in [0.25, 0.3) is 0 Å². The van der Waals surface area contributed by atoms with Gasteiger partial charge in [-0.15, -0.1) is 0 Å². The molecule has 0 fully saturated rings. The van der Waals surface area contributed by atoms with E-state index < -0.39 is 5.97 Å². The Bertz CT molecular complexity index is 1300. The van der Waals surface area contributed by atoms with Crippen LogP contribution in [0.3, 0.4) is 0 Å². The van der Waals surface area contributed by atoms with E-state index in [1.165, 1.54) is 18.7 Å². The van der Waals surface area contributed by atoms with Crippen LogP contribution in [-0.2, 0) is 20.7 Å². The predicted molar refractivity (Wildman–Crippen MR) is 124 cm³/mol. The topological polar surface area (TPSA) is 88.2 Å². The van der Waals surface area contributed by atoms with Crippen molar-refractivity contribution in [2.75, 3.05) is 11.5 Å². The van der Waals surface area contributed by atoms with Crippen molar-refractivity contribution < 1.29 is 14.3 Å². The molecule has 0 aliphatic carbocycles. The third kappa shape index (κ3) is 3.79. The van der Waals surface area contributed by atoms with E-state index in [1.807, 2.05) is 69.5 Å². The molecule has 0 radical (unpaired) electrons. The van der Waals surface area contributed by atoms with E-state index in [4.69, 9.17) is 4.74 Å². The van der Waals surface area contributed by atoms with E-state index >= 15 is 0 Å². The molecule has 0 bridgehead atoms. The monoisotopic (exact) mass is 444 g/mol. The summed E-state index contributed by atoms with van der Waals surface area (Å²) in [5, 5.41) is 11.7. The van der Waals surface area contributed by atoms with Crippen LogP contribution in [0, 0.1) is 11.3 Å². The average Bonchev–Trinajstić information content (AvgIpc) is 3.35. The number of thioether (sulfide) groups is 1. The van der Waals surface area contributed by atoms with Crippen LogP contribution < -0.4 is 4.90 Å². The number of nitrogens with zero attached hydrogens (tertiary/aromatic N) is 4. The lowest BCUT2D eigenvalue weighted by Crippen LogP contribution is -2.26. The second-order valence-electron chi connectivity index (χ2n) is 6.91. The van der Waals surface area contributed by atoms with Crippen molar-refractivity contribution in [1.82, 2.24) is 9.55 Å². The number of benzene rings is 2. The summed E-state index contributed by atoms with van der Waals surface area (Å²) < 4.78 is 7.07. The number of hydrogen-bond donors (Lipinski definition) is 0. The maximum atomic E-state index is 12.7. The molecular formula is C24H20N4O3S. The molecule has 32 heavy (non-hydrogen) atoms. The van der Waals surface area contributed by atoms with Gasteiger partial charge in [-0.2, -0.15) is 5.26 Å². The molecule has 1 aliphatic heterocycles. The lowest BCUT2D eigenvalue weighted by molar-refractivity contribution is -0.139. The minimum Gasteiger partial charge on any atom is -0.462 e. The van der Waals surface area contributed by atoms with E-state index in [0.717, 1.165) is 16.7 Å². The number of esters is 1. The molecule has 0 saturated heterocycles. The molecule has 0 saturated carbocycles. The fourth-order valence-electron chi connectivity index (χ4n) is 3.57. The highest BCUT2D eigenvalue weighted by Gasteiger charge is 2.34. The standard InChI is InChI=1S/C24H20N4O3S/c1-3-31-24(30)22(16(2)29)23-27(17-9-5-4-6-10-17)21(15-32-23)28-19-12-8-7-11-18(19)26-20(28)13-14-25/h4-12,15H,3,13H2,1-2H3/b23-22+. The third-order valence-electron chi connectivity index (χ3n) is 4.86. The predicted octanol–water partition coefficient (Wildman–Crippen LogP) is 4.48. The first-order valence-corrected chi connectivity index (χ1v) is 10.9. The van der Waals surface area contributed by atoms with Crippen LogP contribution in [0.4, 0.5) is 5.69 Å². The fourth-order valence-corrected chi connectivity index (χ4v) is 4.65. The number of ketones is 1. The van der Waals surface area contributed by atoms with Crippen LogP contribution in [0.5, 0.6) is 0 Å². The molecule has 7 nitrogen and oxygen atoms in total. The van der Waals surface area contributed by atoms with Crippen LogP contribution >= 0.6 is 11.8 Å². The minimum atomic E-state index is -0.661. The first-order valence-electron chi connectivity index (χ1n) is 10.0. The molecule has 0 spiro atoms. The average molecular weight is 445 g/mol. The van der Waals surface area contributed by atoms with Crippen LogP contribution in [0.2, 0.25) is 0 Å². The van der Waals surface area contributed by atoms with Gasteiger partial charge in [-0.3, -0.25) is 14.3 Å². The van der Waals surface area contributed by atoms with Gasteiger partial charge in [0.1, 0.15) is 22.2 Å². The molecule has 8 heteroatoms. The number of aromatic nitrogens is 2. The molecule has 160 valence electrons. The summed E-state index contributed by atoms with van der Waals surface area (Å²) in [6, 6.07) is 19.2. The van der Waals surface area contributed by atoms with Crippen molar-refractivity contribution in [2.24, 2.45) is 0 Å². The number of hydrogen-bond acceptors (Lipinski definition) is 7. The van der Waals surface area contributed by atoms with Gasteiger partial charge in [0.15, 0.2) is 5.78 Å². The number of ether oxygens (including phenoxy) is 1. The van der Waals surface area contributed by atoms with Crippen molar-refractivity contribution in [3.63, 3.8) is 0 Å². The van der Waals surface area contributed by atoms with Gasteiger partial charge in [-0.25, -0.2) is 9.78 Å². The van der Waals surface area contributed by atoms with E-state index in [1.54, 1.807) is 6.92 Å². The van der Waals surface area contributed by atoms with Gasteiger partial charge in [-0.1, -0.05) is 42.1 Å². The van der Waals surface area contributed by atoms with Crippen molar-refractivity contribution in [3.05, 3.63) is 76.4 Å². The summed E-state index contributed by atoms with van der Waals surface area (Å²) in [5.74, 6) is 0.210. The second kappa shape index (κ2) is 9.12. The largest absolute Gasteiger partial charge is 0.462 e. The number of anilines is 1. The lowest BCUT2D eigenvalue weighted by atomic mass is 10.2. The fraction of sp³-hybridized carbons (Fsp3) is 0.167. The number of carbonyl (C=O) groups excluding carboxylic acids is 2. The Morgan fingerprint density at radius 1 is 1.12 bits per heavy atom. The number of para-hydroxylation sites is 3. The number of nitriles is 1. The quantitative estimate of drug-likeness (QED) is 0.240. The van der Waals surface area contributed by atoms with Crippen molar-refractivity contribution in [2.45, 2.75) is 20.3 Å². The zero-order valence-corrected chi connectivity index (χ0v) is 18.4. The third-order valence-corrected chi connectivity index (χ3v) is 5.80. The first kappa shape index (κ1) is 21.4. The van der Waals surface area contributed by atoms with Gasteiger partial charge in [0.2, 0.25) is 0 Å². The lowest BCUT2D eigenvalue weighted by Gasteiger charge is -2.26. The van der Waals surface area contributed by atoms with E-state index in [0.29, 0.717) is 16.7 Å². The smallest absolute Gasteiger partial charge is 0.344 e. The molecule has 1 aromatic heterocycles. The molecule has 2 heterocycles. The highest BCUT2D eigenvalue weighted by atomic mass is 32.2. The second-order valence-corrected chi connectivity index (χ2v) is 7.77.